The second-order valence-corrected chi connectivity index (χ2v) is 6.11. The van der Waals surface area contributed by atoms with Crippen LogP contribution in [-0.2, 0) is 0 Å². The largest absolute Gasteiger partial charge is 0.508 e. The highest BCUT2D eigenvalue weighted by Gasteiger charge is 2.29. The van der Waals surface area contributed by atoms with E-state index >= 15 is 0 Å². The maximum Gasteiger partial charge on any atom is 0.193 e. The zero-order valence-electron chi connectivity index (χ0n) is 12.5. The molecule has 3 N–H and O–H groups in total. The first kappa shape index (κ1) is 13.4. The number of rotatable bonds is 1. The summed E-state index contributed by atoms with van der Waals surface area (Å²) >= 11 is 0. The van der Waals surface area contributed by atoms with Crippen LogP contribution in [0.5, 0.6) is 11.6 Å². The number of phenols is 1. The number of nitrogens with one attached hydrogen (secondary N) is 1. The van der Waals surface area contributed by atoms with Crippen molar-refractivity contribution in [1.82, 2.24) is 9.88 Å². The van der Waals surface area contributed by atoms with Gasteiger partial charge in [-0.05, 0) is 50.5 Å². The van der Waals surface area contributed by atoms with Crippen LogP contribution in [0.2, 0.25) is 0 Å². The fourth-order valence-corrected chi connectivity index (χ4v) is 3.50. The lowest BCUT2D eigenvalue weighted by Crippen LogP contribution is -2.13. The minimum Gasteiger partial charge on any atom is -0.508 e. The van der Waals surface area contributed by atoms with Gasteiger partial charge in [0.15, 0.2) is 5.88 Å². The summed E-state index contributed by atoms with van der Waals surface area (Å²) in [5.74, 6) is 0.937. The average Bonchev–Trinajstić information content (AvgIpc) is 2.97. The normalized spacial score (nSPS) is 20.1. The number of hydrogen-bond donors (Lipinski definition) is 3. The zero-order valence-corrected chi connectivity index (χ0v) is 12.5. The highest BCUT2D eigenvalue weighted by molar-refractivity contribution is 6.37. The van der Waals surface area contributed by atoms with E-state index < -0.39 is 0 Å². The van der Waals surface area contributed by atoms with E-state index in [-0.39, 0.29) is 5.88 Å². The minimum absolute atomic E-state index is 0.261. The predicted molar refractivity (Wildman–Crippen MR) is 84.1 cm³/mol. The van der Waals surface area contributed by atoms with Crippen molar-refractivity contribution in [3.63, 3.8) is 0 Å². The number of aromatic nitrogens is 1. The molecule has 0 bridgehead atoms. The monoisotopic (exact) mass is 272 g/mol. The maximum absolute atomic E-state index is 10.4. The van der Waals surface area contributed by atoms with Crippen LogP contribution in [0.25, 0.3) is 10.9 Å². The van der Waals surface area contributed by atoms with E-state index in [1.807, 2.05) is 21.7 Å². The summed E-state index contributed by atoms with van der Waals surface area (Å²) in [6.45, 7) is 5.91. The summed E-state index contributed by atoms with van der Waals surface area (Å²) in [6.07, 6.45) is 1.05. The van der Waals surface area contributed by atoms with Gasteiger partial charge in [-0.2, -0.15) is 0 Å². The first-order valence-corrected chi connectivity index (χ1v) is 7.13. The van der Waals surface area contributed by atoms with Gasteiger partial charge in [0.1, 0.15) is 13.6 Å². The lowest BCUT2D eigenvalue weighted by atomic mass is 9.84. The summed E-state index contributed by atoms with van der Waals surface area (Å²) in [6, 6.07) is 0. The molecular weight excluding hydrogens is 251 g/mol. The number of aromatic amines is 1. The van der Waals surface area contributed by atoms with Gasteiger partial charge in [0.05, 0.1) is 5.52 Å². The topological polar surface area (TPSA) is 59.5 Å². The Bertz CT molecular complexity index is 693. The summed E-state index contributed by atoms with van der Waals surface area (Å²) in [5, 5.41) is 21.7. The number of aryl methyl sites for hydroxylation is 2. The Balaban J connectivity index is 2.30. The van der Waals surface area contributed by atoms with Crippen molar-refractivity contribution in [3.05, 3.63) is 16.7 Å². The van der Waals surface area contributed by atoms with Crippen LogP contribution in [0.4, 0.5) is 0 Å². The average molecular weight is 272 g/mol. The number of fused-ring (bicyclic) bond motifs is 1. The van der Waals surface area contributed by atoms with Gasteiger partial charge < -0.3 is 20.1 Å². The molecule has 5 heteroatoms. The van der Waals surface area contributed by atoms with Crippen molar-refractivity contribution in [3.8, 4) is 11.6 Å². The molecule has 1 aromatic heterocycles. The molecule has 1 unspecified atom stereocenters. The number of hydrogen-bond acceptors (Lipinski definition) is 3. The van der Waals surface area contributed by atoms with Crippen molar-refractivity contribution < 1.29 is 10.2 Å². The highest BCUT2D eigenvalue weighted by Crippen LogP contribution is 2.41. The summed E-state index contributed by atoms with van der Waals surface area (Å²) < 4.78 is 0. The molecule has 2 aromatic rings. The molecule has 0 radical (unpaired) electrons. The van der Waals surface area contributed by atoms with E-state index in [0.717, 1.165) is 52.6 Å². The van der Waals surface area contributed by atoms with Crippen LogP contribution in [0.15, 0.2) is 0 Å². The second kappa shape index (κ2) is 4.45. The van der Waals surface area contributed by atoms with E-state index in [4.69, 9.17) is 0 Å². The molecule has 20 heavy (non-hydrogen) atoms. The number of H-pyrrole nitrogens is 1. The number of likely N-dealkylation sites (N-methyl/N-ethyl adjacent to an activating group) is 1. The summed E-state index contributed by atoms with van der Waals surface area (Å²) in [7, 11) is 4.02. The number of aromatic hydroxyl groups is 2. The summed E-state index contributed by atoms with van der Waals surface area (Å²) in [5.41, 5.74) is 4.69. The van der Waals surface area contributed by atoms with Gasteiger partial charge in [0.25, 0.3) is 0 Å². The number of likely N-dealkylation sites (tertiary alicyclic amines) is 1. The number of benzene rings is 1. The quantitative estimate of drug-likeness (QED) is 0.675. The zero-order chi connectivity index (χ0) is 14.6. The van der Waals surface area contributed by atoms with E-state index in [2.05, 4.69) is 16.9 Å². The Hall–Kier alpha value is -1.62. The Kier molecular flexibility index (Phi) is 2.98. The Labute approximate surface area is 119 Å². The van der Waals surface area contributed by atoms with Crippen LogP contribution in [0, 0.1) is 13.8 Å². The SMILES string of the molecule is Bc1c(O)c(C)c2c(C3CCN(C)C3)c(O)[nH]c2c1C. The van der Waals surface area contributed by atoms with E-state index in [1.54, 1.807) is 0 Å². The van der Waals surface area contributed by atoms with E-state index in [0.29, 0.717) is 11.7 Å². The Morgan fingerprint density at radius 2 is 1.95 bits per heavy atom. The smallest absolute Gasteiger partial charge is 0.193 e. The van der Waals surface area contributed by atoms with Crippen LogP contribution < -0.4 is 5.46 Å². The van der Waals surface area contributed by atoms with Gasteiger partial charge in [-0.3, -0.25) is 0 Å². The first-order chi connectivity index (χ1) is 9.41. The van der Waals surface area contributed by atoms with Crippen LogP contribution >= 0.6 is 0 Å². The molecule has 1 aromatic carbocycles. The first-order valence-electron chi connectivity index (χ1n) is 7.13. The van der Waals surface area contributed by atoms with Crippen molar-refractivity contribution in [1.29, 1.82) is 0 Å². The molecule has 0 amide bonds. The van der Waals surface area contributed by atoms with Gasteiger partial charge in [0, 0.05) is 23.4 Å². The lowest BCUT2D eigenvalue weighted by Gasteiger charge is -2.14. The standard InChI is InChI=1S/C15H21BN2O2/c1-7-10-11(9-4-5-18(3)6-9)15(20)17-13(10)8(2)12(16)14(7)19/h9,17,19-20H,4-6,16H2,1-3H3. The molecule has 1 fully saturated rings. The highest BCUT2D eigenvalue weighted by atomic mass is 16.3. The molecule has 3 rings (SSSR count). The molecule has 0 spiro atoms. The third-order valence-corrected chi connectivity index (χ3v) is 4.84. The third kappa shape index (κ3) is 1.73. The summed E-state index contributed by atoms with van der Waals surface area (Å²) in [4.78, 5) is 5.40. The van der Waals surface area contributed by atoms with Crippen molar-refractivity contribution >= 4 is 24.2 Å². The van der Waals surface area contributed by atoms with Gasteiger partial charge in [-0.15, -0.1) is 0 Å². The maximum atomic E-state index is 10.4. The molecule has 1 aliphatic rings. The molecule has 4 nitrogen and oxygen atoms in total. The van der Waals surface area contributed by atoms with E-state index in [9.17, 15) is 10.2 Å². The van der Waals surface area contributed by atoms with Crippen molar-refractivity contribution in [2.45, 2.75) is 26.2 Å². The molecule has 1 aliphatic heterocycles. The fraction of sp³-hybridized carbons (Fsp3) is 0.467. The second-order valence-electron chi connectivity index (χ2n) is 6.11. The molecule has 1 saturated heterocycles. The van der Waals surface area contributed by atoms with Gasteiger partial charge in [-0.1, -0.05) is 0 Å². The third-order valence-electron chi connectivity index (χ3n) is 4.84. The van der Waals surface area contributed by atoms with Crippen molar-refractivity contribution in [2.24, 2.45) is 0 Å². The predicted octanol–water partition coefficient (Wildman–Crippen LogP) is 0.873. The Morgan fingerprint density at radius 3 is 2.55 bits per heavy atom. The number of phenolic OH excluding ortho intramolecular Hbond substituents is 1. The number of nitrogens with zero attached hydrogens (tertiary/aromatic N) is 1. The van der Waals surface area contributed by atoms with Gasteiger partial charge >= 0.3 is 0 Å². The lowest BCUT2D eigenvalue weighted by molar-refractivity contribution is 0.407. The molecule has 1 atom stereocenters. The van der Waals surface area contributed by atoms with Crippen LogP contribution in [0.1, 0.15) is 29.0 Å². The Morgan fingerprint density at radius 1 is 1.25 bits per heavy atom. The van der Waals surface area contributed by atoms with Crippen molar-refractivity contribution in [2.75, 3.05) is 20.1 Å². The van der Waals surface area contributed by atoms with Gasteiger partial charge in [-0.25, -0.2) is 0 Å². The fourth-order valence-electron chi connectivity index (χ4n) is 3.50. The minimum atomic E-state index is 0.261. The molecule has 2 heterocycles. The molecule has 106 valence electrons. The van der Waals surface area contributed by atoms with Crippen LogP contribution in [-0.4, -0.2) is 48.1 Å². The van der Waals surface area contributed by atoms with Crippen LogP contribution in [0.3, 0.4) is 0 Å². The molecular formula is C15H21BN2O2. The molecule has 0 aliphatic carbocycles. The van der Waals surface area contributed by atoms with E-state index in [1.165, 1.54) is 0 Å². The molecule has 0 saturated carbocycles. The van der Waals surface area contributed by atoms with Gasteiger partial charge in [0.2, 0.25) is 0 Å².